The van der Waals surface area contributed by atoms with Crippen LogP contribution >= 0.6 is 0 Å². The molecule has 1 aliphatic carbocycles. The van der Waals surface area contributed by atoms with Crippen LogP contribution < -0.4 is 5.32 Å². The lowest BCUT2D eigenvalue weighted by atomic mass is 9.82. The normalized spacial score (nSPS) is 16.3. The minimum atomic E-state index is -0.0803. The van der Waals surface area contributed by atoms with Gasteiger partial charge in [-0.15, -0.1) is 0 Å². The number of nitrogens with one attached hydrogen (secondary N) is 1. The summed E-state index contributed by atoms with van der Waals surface area (Å²) in [5, 5.41) is 4.72. The minimum absolute atomic E-state index is 0.0352. The molecule has 0 saturated carbocycles. The van der Waals surface area contributed by atoms with Gasteiger partial charge >= 0.3 is 0 Å². The van der Waals surface area contributed by atoms with E-state index < -0.39 is 0 Å². The largest absolute Gasteiger partial charge is 0.352 e. The molecule has 1 N–H and O–H groups in total. The van der Waals surface area contributed by atoms with E-state index in [2.05, 4.69) is 45.1 Å². The first-order chi connectivity index (χ1) is 14.1. The minimum Gasteiger partial charge on any atom is -0.352 e. The van der Waals surface area contributed by atoms with E-state index in [1.807, 2.05) is 49.4 Å². The third-order valence-corrected chi connectivity index (χ3v) is 6.33. The summed E-state index contributed by atoms with van der Waals surface area (Å²) in [5.41, 5.74) is 4.86. The first-order valence-corrected chi connectivity index (χ1v) is 10.6. The van der Waals surface area contributed by atoms with Crippen molar-refractivity contribution in [1.82, 2.24) is 5.32 Å². The van der Waals surface area contributed by atoms with Crippen LogP contribution in [0.3, 0.4) is 0 Å². The highest BCUT2D eigenvalue weighted by atomic mass is 16.1. The first-order valence-electron chi connectivity index (χ1n) is 10.6. The lowest BCUT2D eigenvalue weighted by Crippen LogP contribution is -2.22. The molecule has 0 bridgehead atoms. The molecule has 0 atom stereocenters. The molecule has 3 aromatic carbocycles. The van der Waals surface area contributed by atoms with Gasteiger partial charge in [0.1, 0.15) is 0 Å². The summed E-state index contributed by atoms with van der Waals surface area (Å²) in [4.78, 5) is 25.3. The molecule has 0 aromatic heterocycles. The quantitative estimate of drug-likeness (QED) is 0.565. The summed E-state index contributed by atoms with van der Waals surface area (Å²) in [5.74, 6) is -0.0451. The Morgan fingerprint density at radius 1 is 0.767 bits per heavy atom. The van der Waals surface area contributed by atoms with E-state index in [1.165, 1.54) is 11.1 Å². The van der Waals surface area contributed by atoms with Gasteiger partial charge in [-0.25, -0.2) is 0 Å². The van der Waals surface area contributed by atoms with E-state index in [9.17, 15) is 9.59 Å². The molecular formula is C27H29NO2. The van der Waals surface area contributed by atoms with Crippen LogP contribution in [-0.2, 0) is 10.8 Å². The van der Waals surface area contributed by atoms with Gasteiger partial charge in [0.25, 0.3) is 5.91 Å². The molecule has 30 heavy (non-hydrogen) atoms. The topological polar surface area (TPSA) is 46.2 Å². The van der Waals surface area contributed by atoms with Crippen molar-refractivity contribution in [3.63, 3.8) is 0 Å². The van der Waals surface area contributed by atoms with Crippen molar-refractivity contribution in [2.45, 2.75) is 51.9 Å². The average Bonchev–Trinajstić information content (AvgIpc) is 2.90. The number of benzene rings is 3. The average molecular weight is 400 g/mol. The molecule has 0 radical (unpaired) electrons. The molecule has 0 saturated heterocycles. The van der Waals surface area contributed by atoms with Crippen LogP contribution in [0.1, 0.15) is 78.4 Å². The molecular weight excluding hydrogens is 370 g/mol. The predicted octanol–water partition coefficient (Wildman–Crippen LogP) is 5.78. The number of amides is 1. The Morgan fingerprint density at radius 3 is 1.97 bits per heavy atom. The van der Waals surface area contributed by atoms with Crippen molar-refractivity contribution in [3.05, 3.63) is 82.4 Å². The lowest BCUT2D eigenvalue weighted by molar-refractivity contribution is 0.0955. The Balaban J connectivity index is 1.69. The van der Waals surface area contributed by atoms with Crippen molar-refractivity contribution in [3.8, 4) is 0 Å². The summed E-state index contributed by atoms with van der Waals surface area (Å²) < 4.78 is 0. The monoisotopic (exact) mass is 399 g/mol. The molecule has 154 valence electrons. The maximum atomic E-state index is 13.3. The van der Waals surface area contributed by atoms with Gasteiger partial charge in [0.2, 0.25) is 0 Å². The van der Waals surface area contributed by atoms with Crippen molar-refractivity contribution in [2.24, 2.45) is 0 Å². The van der Waals surface area contributed by atoms with E-state index in [0.717, 1.165) is 22.8 Å². The standard InChI is InChI=1S/C27H29NO2/c1-6-28-25(30)21-10-8-17-13-19(9-7-18(17)14-21)24(29)20-11-12-22-23(15-20)27(4,5)16-26(22,2)3/h7-15H,6,16H2,1-5H3,(H,28,30). The van der Waals surface area contributed by atoms with Gasteiger partial charge in [-0.1, -0.05) is 58.0 Å². The van der Waals surface area contributed by atoms with Crippen molar-refractivity contribution in [2.75, 3.05) is 6.54 Å². The van der Waals surface area contributed by atoms with Crippen LogP contribution in [0.25, 0.3) is 10.8 Å². The van der Waals surface area contributed by atoms with E-state index in [1.54, 1.807) is 0 Å². The fourth-order valence-electron chi connectivity index (χ4n) is 5.09. The Hall–Kier alpha value is -2.94. The zero-order valence-corrected chi connectivity index (χ0v) is 18.4. The number of carbonyl (C=O) groups is 2. The number of hydrogen-bond acceptors (Lipinski definition) is 2. The highest BCUT2D eigenvalue weighted by molar-refractivity contribution is 6.11. The van der Waals surface area contributed by atoms with Crippen LogP contribution in [0.15, 0.2) is 54.6 Å². The molecule has 0 fully saturated rings. The van der Waals surface area contributed by atoms with Gasteiger partial charge in [0.15, 0.2) is 5.78 Å². The van der Waals surface area contributed by atoms with Crippen LogP contribution in [0.4, 0.5) is 0 Å². The smallest absolute Gasteiger partial charge is 0.251 e. The van der Waals surface area contributed by atoms with E-state index in [0.29, 0.717) is 17.7 Å². The number of ketones is 1. The molecule has 1 aliphatic rings. The molecule has 0 unspecified atom stereocenters. The van der Waals surface area contributed by atoms with Gasteiger partial charge in [0, 0.05) is 23.2 Å². The van der Waals surface area contributed by atoms with Crippen LogP contribution in [0.2, 0.25) is 0 Å². The van der Waals surface area contributed by atoms with Crippen molar-refractivity contribution >= 4 is 22.5 Å². The first kappa shape index (κ1) is 20.3. The van der Waals surface area contributed by atoms with Gasteiger partial charge < -0.3 is 5.32 Å². The van der Waals surface area contributed by atoms with Crippen LogP contribution in [-0.4, -0.2) is 18.2 Å². The van der Waals surface area contributed by atoms with Gasteiger partial charge in [-0.05, 0) is 70.3 Å². The Labute approximate surface area is 178 Å². The van der Waals surface area contributed by atoms with Gasteiger partial charge in [-0.2, -0.15) is 0 Å². The van der Waals surface area contributed by atoms with Gasteiger partial charge in [0.05, 0.1) is 0 Å². The summed E-state index contributed by atoms with van der Waals surface area (Å²) in [6.07, 6.45) is 1.08. The lowest BCUT2D eigenvalue weighted by Gasteiger charge is -2.22. The molecule has 0 heterocycles. The second-order valence-electron chi connectivity index (χ2n) is 9.67. The van der Waals surface area contributed by atoms with E-state index in [-0.39, 0.29) is 22.5 Å². The van der Waals surface area contributed by atoms with Crippen molar-refractivity contribution in [1.29, 1.82) is 0 Å². The summed E-state index contributed by atoms with van der Waals surface area (Å²) in [6, 6.07) is 17.5. The highest BCUT2D eigenvalue weighted by Gasteiger charge is 2.41. The molecule has 3 heteroatoms. The Kier molecular flexibility index (Phi) is 4.80. The molecule has 4 rings (SSSR count). The Morgan fingerprint density at radius 2 is 1.30 bits per heavy atom. The third kappa shape index (κ3) is 3.43. The number of fused-ring (bicyclic) bond motifs is 2. The van der Waals surface area contributed by atoms with Crippen molar-refractivity contribution < 1.29 is 9.59 Å². The Bertz CT molecular complexity index is 1170. The third-order valence-electron chi connectivity index (χ3n) is 6.33. The summed E-state index contributed by atoms with van der Waals surface area (Å²) >= 11 is 0. The number of hydrogen-bond donors (Lipinski definition) is 1. The molecule has 3 nitrogen and oxygen atoms in total. The highest BCUT2D eigenvalue weighted by Crippen LogP contribution is 2.49. The molecule has 1 amide bonds. The zero-order chi connectivity index (χ0) is 21.7. The fraction of sp³-hybridized carbons (Fsp3) is 0.333. The molecule has 0 spiro atoms. The number of carbonyl (C=O) groups excluding carboxylic acids is 2. The zero-order valence-electron chi connectivity index (χ0n) is 18.4. The second-order valence-corrected chi connectivity index (χ2v) is 9.67. The molecule has 3 aromatic rings. The van der Waals surface area contributed by atoms with E-state index in [4.69, 9.17) is 0 Å². The summed E-state index contributed by atoms with van der Waals surface area (Å²) in [7, 11) is 0. The SMILES string of the molecule is CCNC(=O)c1ccc2cc(C(=O)c3ccc4c(c3)C(C)(C)CC4(C)C)ccc2c1. The van der Waals surface area contributed by atoms with Crippen LogP contribution in [0.5, 0.6) is 0 Å². The predicted molar refractivity (Wildman–Crippen MR) is 122 cm³/mol. The fourth-order valence-corrected chi connectivity index (χ4v) is 5.09. The summed E-state index contributed by atoms with van der Waals surface area (Å²) in [6.45, 7) is 11.6. The van der Waals surface area contributed by atoms with Crippen LogP contribution in [0, 0.1) is 0 Å². The van der Waals surface area contributed by atoms with E-state index >= 15 is 0 Å². The maximum absolute atomic E-state index is 13.3. The number of rotatable bonds is 4. The second kappa shape index (κ2) is 7.09. The maximum Gasteiger partial charge on any atom is 0.251 e. The van der Waals surface area contributed by atoms with Gasteiger partial charge in [-0.3, -0.25) is 9.59 Å². The molecule has 0 aliphatic heterocycles.